The summed E-state index contributed by atoms with van der Waals surface area (Å²) in [5.74, 6) is 1.64. The number of fused-ring (bicyclic) bond motifs is 1. The van der Waals surface area contributed by atoms with Crippen LogP contribution >= 0.6 is 11.6 Å². The summed E-state index contributed by atoms with van der Waals surface area (Å²) in [6.07, 6.45) is 2.40. The highest BCUT2D eigenvalue weighted by Crippen LogP contribution is 2.28. The maximum absolute atomic E-state index is 13.6. The van der Waals surface area contributed by atoms with Crippen molar-refractivity contribution >= 4 is 29.1 Å². The number of aryl methyl sites for hydroxylation is 3. The van der Waals surface area contributed by atoms with Gasteiger partial charge in [0.25, 0.3) is 0 Å². The average molecular weight is 551 g/mol. The van der Waals surface area contributed by atoms with Gasteiger partial charge in [0.05, 0.1) is 12.2 Å². The molecule has 208 valence electrons. The maximum atomic E-state index is 13.6. The molecule has 0 fully saturated rings. The third-order valence-corrected chi connectivity index (χ3v) is 7.34. The summed E-state index contributed by atoms with van der Waals surface area (Å²) in [7, 11) is 0. The molecule has 0 N–H and O–H groups in total. The van der Waals surface area contributed by atoms with E-state index in [2.05, 4.69) is 39.2 Å². The molecule has 1 aromatic heterocycles. The Hall–Kier alpha value is -3.23. The van der Waals surface area contributed by atoms with E-state index in [-0.39, 0.29) is 11.8 Å². The summed E-state index contributed by atoms with van der Waals surface area (Å²) in [5.41, 5.74) is 2.97. The summed E-state index contributed by atoms with van der Waals surface area (Å²) in [6, 6.07) is 16.1. The van der Waals surface area contributed by atoms with Crippen molar-refractivity contribution in [3.05, 3.63) is 76.3 Å². The normalized spacial score (nSPS) is 15.1. The van der Waals surface area contributed by atoms with E-state index in [1.807, 2.05) is 54.8 Å². The molecule has 2 heterocycles. The van der Waals surface area contributed by atoms with Gasteiger partial charge in [-0.2, -0.15) is 5.10 Å². The first-order chi connectivity index (χ1) is 18.8. The molecule has 8 nitrogen and oxygen atoms in total. The number of anilines is 1. The number of aromatic nitrogens is 3. The van der Waals surface area contributed by atoms with Crippen molar-refractivity contribution < 1.29 is 9.59 Å². The van der Waals surface area contributed by atoms with Crippen LogP contribution in [0.15, 0.2) is 48.5 Å². The molecule has 0 aliphatic carbocycles. The smallest absolute Gasteiger partial charge is 0.226 e. The molecule has 0 spiro atoms. The molecule has 0 saturated carbocycles. The summed E-state index contributed by atoms with van der Waals surface area (Å²) in [5, 5.41) is 5.00. The number of amides is 2. The minimum atomic E-state index is 0.0498. The number of benzene rings is 2. The standard InChI is InChI=1S/C30H39ClN6O2/c1-4-9-30(39)36-16-8-15-34(21-25-10-6-5-7-11-25)18-19-35(22-26-12-13-27(31)20-28(26)36)29(38)14-17-37-24(3)32-23(2)33-37/h5-7,10-13,20H,4,8-9,14-19,21-22H2,1-3H3. The Morgan fingerprint density at radius 3 is 2.46 bits per heavy atom. The van der Waals surface area contributed by atoms with Crippen LogP contribution in [-0.2, 0) is 29.2 Å². The molecule has 2 amide bonds. The average Bonchev–Trinajstić information content (AvgIpc) is 3.23. The second-order valence-corrected chi connectivity index (χ2v) is 10.6. The van der Waals surface area contributed by atoms with E-state index in [0.717, 1.165) is 49.6 Å². The Balaban J connectivity index is 1.62. The topological polar surface area (TPSA) is 74.6 Å². The molecule has 2 aromatic carbocycles. The van der Waals surface area contributed by atoms with Crippen LogP contribution in [-0.4, -0.2) is 62.6 Å². The van der Waals surface area contributed by atoms with Gasteiger partial charge in [0.1, 0.15) is 11.6 Å². The molecule has 0 radical (unpaired) electrons. The van der Waals surface area contributed by atoms with Gasteiger partial charge in [-0.25, -0.2) is 9.67 Å². The van der Waals surface area contributed by atoms with Crippen LogP contribution in [0.25, 0.3) is 0 Å². The van der Waals surface area contributed by atoms with Crippen LogP contribution in [0.1, 0.15) is 55.4 Å². The number of nitrogens with zero attached hydrogens (tertiary/aromatic N) is 6. The molecule has 0 bridgehead atoms. The summed E-state index contributed by atoms with van der Waals surface area (Å²) < 4.78 is 1.79. The van der Waals surface area contributed by atoms with E-state index in [9.17, 15) is 9.59 Å². The van der Waals surface area contributed by atoms with Crippen LogP contribution in [0, 0.1) is 13.8 Å². The van der Waals surface area contributed by atoms with Crippen molar-refractivity contribution in [1.82, 2.24) is 24.6 Å². The van der Waals surface area contributed by atoms with Gasteiger partial charge in [-0.1, -0.05) is 54.9 Å². The Morgan fingerprint density at radius 2 is 1.74 bits per heavy atom. The van der Waals surface area contributed by atoms with E-state index in [4.69, 9.17) is 11.6 Å². The van der Waals surface area contributed by atoms with E-state index in [1.165, 1.54) is 5.56 Å². The maximum Gasteiger partial charge on any atom is 0.226 e. The quantitative estimate of drug-likeness (QED) is 0.413. The Bertz CT molecular complexity index is 1260. The molecule has 9 heteroatoms. The lowest BCUT2D eigenvalue weighted by molar-refractivity contribution is -0.132. The molecular weight excluding hydrogens is 512 g/mol. The van der Waals surface area contributed by atoms with Crippen LogP contribution < -0.4 is 4.90 Å². The number of rotatable bonds is 7. The van der Waals surface area contributed by atoms with Crippen LogP contribution in [0.4, 0.5) is 5.69 Å². The van der Waals surface area contributed by atoms with Crippen molar-refractivity contribution in [2.24, 2.45) is 0 Å². The largest absolute Gasteiger partial charge is 0.337 e. The highest BCUT2D eigenvalue weighted by Gasteiger charge is 2.24. The van der Waals surface area contributed by atoms with E-state index in [1.54, 1.807) is 4.68 Å². The van der Waals surface area contributed by atoms with Gasteiger partial charge in [0.15, 0.2) is 0 Å². The highest BCUT2D eigenvalue weighted by molar-refractivity contribution is 6.31. The van der Waals surface area contributed by atoms with Crippen molar-refractivity contribution in [3.63, 3.8) is 0 Å². The van der Waals surface area contributed by atoms with Crippen molar-refractivity contribution in [2.75, 3.05) is 31.1 Å². The van der Waals surface area contributed by atoms with Gasteiger partial charge in [-0.3, -0.25) is 14.5 Å². The summed E-state index contributed by atoms with van der Waals surface area (Å²) in [4.78, 5) is 37.4. The number of hydrogen-bond donors (Lipinski definition) is 0. The molecule has 3 aromatic rings. The fourth-order valence-corrected chi connectivity index (χ4v) is 5.27. The predicted octanol–water partition coefficient (Wildman–Crippen LogP) is 5.01. The third-order valence-electron chi connectivity index (χ3n) is 7.11. The zero-order valence-electron chi connectivity index (χ0n) is 23.3. The van der Waals surface area contributed by atoms with Gasteiger partial charge in [-0.15, -0.1) is 0 Å². The first-order valence-corrected chi connectivity index (χ1v) is 14.2. The number of carbonyl (C=O) groups is 2. The van der Waals surface area contributed by atoms with Gasteiger partial charge in [-0.05, 0) is 49.9 Å². The van der Waals surface area contributed by atoms with E-state index < -0.39 is 0 Å². The van der Waals surface area contributed by atoms with E-state index >= 15 is 0 Å². The first kappa shape index (κ1) is 28.8. The molecule has 1 aliphatic rings. The van der Waals surface area contributed by atoms with Gasteiger partial charge in [0, 0.05) is 57.1 Å². The summed E-state index contributed by atoms with van der Waals surface area (Å²) >= 11 is 6.43. The highest BCUT2D eigenvalue weighted by atomic mass is 35.5. The molecule has 0 saturated heterocycles. The first-order valence-electron chi connectivity index (χ1n) is 13.8. The van der Waals surface area contributed by atoms with Gasteiger partial charge < -0.3 is 9.80 Å². The van der Waals surface area contributed by atoms with Crippen LogP contribution in [0.2, 0.25) is 5.02 Å². The lowest BCUT2D eigenvalue weighted by Gasteiger charge is -2.28. The third kappa shape index (κ3) is 7.90. The Labute approximate surface area is 236 Å². The molecule has 0 unspecified atom stereocenters. The predicted molar refractivity (Wildman–Crippen MR) is 155 cm³/mol. The second kappa shape index (κ2) is 13.7. The van der Waals surface area contributed by atoms with E-state index in [0.29, 0.717) is 49.9 Å². The van der Waals surface area contributed by atoms with Gasteiger partial charge in [0.2, 0.25) is 11.8 Å². The van der Waals surface area contributed by atoms with Crippen LogP contribution in [0.5, 0.6) is 0 Å². The monoisotopic (exact) mass is 550 g/mol. The molecule has 39 heavy (non-hydrogen) atoms. The van der Waals surface area contributed by atoms with Gasteiger partial charge >= 0.3 is 0 Å². The molecule has 4 rings (SSSR count). The fraction of sp³-hybridized carbons (Fsp3) is 0.467. The second-order valence-electron chi connectivity index (χ2n) is 10.2. The lowest BCUT2D eigenvalue weighted by atomic mass is 10.1. The fourth-order valence-electron chi connectivity index (χ4n) is 5.11. The Kier molecular flexibility index (Phi) is 10.1. The lowest BCUT2D eigenvalue weighted by Crippen LogP contribution is -2.39. The molecule has 1 aliphatic heterocycles. The Morgan fingerprint density at radius 1 is 0.949 bits per heavy atom. The number of hydrogen-bond acceptors (Lipinski definition) is 5. The minimum absolute atomic E-state index is 0.0498. The minimum Gasteiger partial charge on any atom is -0.337 e. The number of halogens is 1. The van der Waals surface area contributed by atoms with Crippen molar-refractivity contribution in [1.29, 1.82) is 0 Å². The zero-order chi connectivity index (χ0) is 27.8. The molecular formula is C30H39ClN6O2. The van der Waals surface area contributed by atoms with Crippen molar-refractivity contribution in [3.8, 4) is 0 Å². The molecule has 0 atom stereocenters. The zero-order valence-corrected chi connectivity index (χ0v) is 24.0. The summed E-state index contributed by atoms with van der Waals surface area (Å²) in [6.45, 7) is 10.2. The number of carbonyl (C=O) groups excluding carboxylic acids is 2. The van der Waals surface area contributed by atoms with Crippen molar-refractivity contribution in [2.45, 2.75) is 66.1 Å². The van der Waals surface area contributed by atoms with Crippen LogP contribution in [0.3, 0.4) is 0 Å². The SMILES string of the molecule is CCCC(=O)N1CCCN(Cc2ccccc2)CCN(C(=O)CCn2nc(C)nc2C)Cc2ccc(Cl)cc21.